The van der Waals surface area contributed by atoms with Crippen LogP contribution < -0.4 is 0 Å². The molecule has 0 spiro atoms. The van der Waals surface area contributed by atoms with Crippen LogP contribution in [0.3, 0.4) is 0 Å². The van der Waals surface area contributed by atoms with Crippen molar-refractivity contribution in [3.63, 3.8) is 0 Å². The van der Waals surface area contributed by atoms with Gasteiger partial charge in [-0.2, -0.15) is 5.26 Å². The van der Waals surface area contributed by atoms with Gasteiger partial charge in [-0.25, -0.2) is 15.0 Å². The largest absolute Gasteiger partial charge is 0.309 e. The Hall–Kier alpha value is -7.36. The zero-order valence-corrected chi connectivity index (χ0v) is 27.8. The number of benzene rings is 7. The Balaban J connectivity index is 1.15. The fourth-order valence-corrected chi connectivity index (χ4v) is 7.47. The quantitative estimate of drug-likeness (QED) is 0.184. The Morgan fingerprint density at radius 2 is 0.808 bits per heavy atom. The Kier molecular flexibility index (Phi) is 6.76. The average Bonchev–Trinajstić information content (AvgIpc) is 3.74. The third-order valence-electron chi connectivity index (χ3n) is 9.82. The van der Waals surface area contributed by atoms with Crippen molar-refractivity contribution in [1.82, 2.24) is 24.1 Å². The van der Waals surface area contributed by atoms with Crippen LogP contribution >= 0.6 is 0 Å². The van der Waals surface area contributed by atoms with Crippen molar-refractivity contribution in [2.45, 2.75) is 0 Å². The summed E-state index contributed by atoms with van der Waals surface area (Å²) >= 11 is 0. The van der Waals surface area contributed by atoms with E-state index >= 15 is 0 Å². The van der Waals surface area contributed by atoms with Gasteiger partial charge in [-0.05, 0) is 54.6 Å². The van der Waals surface area contributed by atoms with E-state index in [9.17, 15) is 5.26 Å². The van der Waals surface area contributed by atoms with E-state index in [1.165, 1.54) is 21.8 Å². The van der Waals surface area contributed by atoms with Crippen molar-refractivity contribution in [3.8, 4) is 51.6 Å². The van der Waals surface area contributed by atoms with E-state index in [1.54, 1.807) is 0 Å². The lowest BCUT2D eigenvalue weighted by Gasteiger charge is -2.13. The van der Waals surface area contributed by atoms with Crippen LogP contribution in [0.25, 0.3) is 89.2 Å². The molecule has 0 bridgehead atoms. The van der Waals surface area contributed by atoms with Gasteiger partial charge in [0, 0.05) is 49.6 Å². The monoisotopic (exact) mass is 664 g/mol. The third-order valence-corrected chi connectivity index (χ3v) is 9.82. The minimum Gasteiger partial charge on any atom is -0.309 e. The van der Waals surface area contributed by atoms with E-state index in [1.807, 2.05) is 72.8 Å². The van der Waals surface area contributed by atoms with Crippen molar-refractivity contribution in [2.24, 2.45) is 0 Å². The van der Waals surface area contributed by atoms with Crippen LogP contribution in [0.2, 0.25) is 0 Å². The minimum absolute atomic E-state index is 0.453. The maximum Gasteiger partial charge on any atom is 0.165 e. The van der Waals surface area contributed by atoms with E-state index in [0.717, 1.165) is 44.3 Å². The SMILES string of the molecule is N#Cc1cc(-n2c3ccccc3c3cc(-n4c5ccccc5c5ccccc54)ccc32)ccc1-c1nc(-c2ccccc2)nc(-c2ccccc2)n1. The van der Waals surface area contributed by atoms with Gasteiger partial charge in [0.1, 0.15) is 0 Å². The lowest BCUT2D eigenvalue weighted by molar-refractivity contribution is 1.07. The second-order valence-corrected chi connectivity index (χ2v) is 12.8. The molecular formula is C46H28N6. The molecule has 0 fully saturated rings. The first-order valence-electron chi connectivity index (χ1n) is 17.2. The highest BCUT2D eigenvalue weighted by molar-refractivity contribution is 6.12. The summed E-state index contributed by atoms with van der Waals surface area (Å²) in [5.74, 6) is 1.56. The number of nitrogens with zero attached hydrogens (tertiary/aromatic N) is 6. The van der Waals surface area contributed by atoms with E-state index in [4.69, 9.17) is 15.0 Å². The fraction of sp³-hybridized carbons (Fsp3) is 0. The van der Waals surface area contributed by atoms with Crippen molar-refractivity contribution in [2.75, 3.05) is 0 Å². The number of fused-ring (bicyclic) bond motifs is 6. The second-order valence-electron chi connectivity index (χ2n) is 12.8. The average molecular weight is 665 g/mol. The normalized spacial score (nSPS) is 11.4. The smallest absolute Gasteiger partial charge is 0.165 e. The van der Waals surface area contributed by atoms with Gasteiger partial charge >= 0.3 is 0 Å². The van der Waals surface area contributed by atoms with E-state index in [2.05, 4.69) is 112 Å². The lowest BCUT2D eigenvalue weighted by atomic mass is 10.1. The molecule has 6 nitrogen and oxygen atoms in total. The van der Waals surface area contributed by atoms with Gasteiger partial charge in [0.15, 0.2) is 17.5 Å². The molecule has 3 heterocycles. The molecule has 0 unspecified atom stereocenters. The molecule has 0 aliphatic carbocycles. The molecule has 0 N–H and O–H groups in total. The summed E-state index contributed by atoms with van der Waals surface area (Å²) in [6.07, 6.45) is 0. The summed E-state index contributed by atoms with van der Waals surface area (Å²) in [6, 6.07) is 60.4. The Morgan fingerprint density at radius 1 is 0.385 bits per heavy atom. The Morgan fingerprint density at radius 3 is 1.35 bits per heavy atom. The summed E-state index contributed by atoms with van der Waals surface area (Å²) in [7, 11) is 0. The zero-order valence-electron chi connectivity index (χ0n) is 27.8. The highest BCUT2D eigenvalue weighted by atomic mass is 15.0. The number of nitriles is 1. The molecule has 52 heavy (non-hydrogen) atoms. The van der Waals surface area contributed by atoms with Crippen molar-refractivity contribution >= 4 is 43.6 Å². The van der Waals surface area contributed by atoms with Crippen LogP contribution in [0.1, 0.15) is 5.56 Å². The Bertz CT molecular complexity index is 2910. The first kappa shape index (κ1) is 29.5. The molecule has 10 aromatic rings. The summed E-state index contributed by atoms with van der Waals surface area (Å²) in [4.78, 5) is 14.6. The first-order valence-corrected chi connectivity index (χ1v) is 17.2. The molecule has 242 valence electrons. The van der Waals surface area contributed by atoms with E-state index in [-0.39, 0.29) is 0 Å². The van der Waals surface area contributed by atoms with Gasteiger partial charge in [0.2, 0.25) is 0 Å². The van der Waals surface area contributed by atoms with Gasteiger partial charge in [-0.1, -0.05) is 115 Å². The summed E-state index contributed by atoms with van der Waals surface area (Å²) in [6.45, 7) is 0. The topological polar surface area (TPSA) is 72.3 Å². The van der Waals surface area contributed by atoms with Gasteiger partial charge < -0.3 is 9.13 Å². The maximum absolute atomic E-state index is 10.6. The molecule has 7 aromatic carbocycles. The molecule has 0 radical (unpaired) electrons. The molecule has 3 aromatic heterocycles. The minimum atomic E-state index is 0.453. The number of para-hydroxylation sites is 3. The highest BCUT2D eigenvalue weighted by Crippen LogP contribution is 2.37. The van der Waals surface area contributed by atoms with Crippen molar-refractivity contribution in [3.05, 3.63) is 175 Å². The summed E-state index contributed by atoms with van der Waals surface area (Å²) in [5.41, 5.74) is 9.33. The number of hydrogen-bond acceptors (Lipinski definition) is 4. The molecule has 0 aliphatic heterocycles. The molecule has 6 heteroatoms. The molecule has 0 saturated carbocycles. The van der Waals surface area contributed by atoms with Crippen LogP contribution in [0.15, 0.2) is 170 Å². The van der Waals surface area contributed by atoms with E-state index < -0.39 is 0 Å². The van der Waals surface area contributed by atoms with Crippen LogP contribution in [-0.2, 0) is 0 Å². The van der Waals surface area contributed by atoms with E-state index in [0.29, 0.717) is 28.6 Å². The highest BCUT2D eigenvalue weighted by Gasteiger charge is 2.19. The van der Waals surface area contributed by atoms with Gasteiger partial charge in [-0.3, -0.25) is 0 Å². The predicted octanol–water partition coefficient (Wildman–Crippen LogP) is 10.9. The molecule has 0 aliphatic rings. The van der Waals surface area contributed by atoms with Crippen molar-refractivity contribution in [1.29, 1.82) is 5.26 Å². The summed E-state index contributed by atoms with van der Waals surface area (Å²) in [5, 5.41) is 15.3. The third kappa shape index (κ3) is 4.68. The molecular weight excluding hydrogens is 637 g/mol. The molecule has 0 amide bonds. The molecule has 10 rings (SSSR count). The predicted molar refractivity (Wildman–Crippen MR) is 210 cm³/mol. The standard InChI is InChI=1S/C46H28N6/c47-29-32-27-33(23-25-35(32)46-49-44(30-13-3-1-4-14-30)48-45(50-46)31-15-5-2-6-16-31)51-42-22-12-9-19-38(42)39-28-34(24-26-43(39)51)52-40-20-10-7-17-36(40)37-18-8-11-21-41(37)52/h1-28H. The number of rotatable bonds is 5. The van der Waals surface area contributed by atoms with Crippen LogP contribution in [0.5, 0.6) is 0 Å². The second kappa shape index (κ2) is 11.9. The lowest BCUT2D eigenvalue weighted by Crippen LogP contribution is -2.02. The zero-order chi connectivity index (χ0) is 34.6. The number of hydrogen-bond donors (Lipinski definition) is 0. The van der Waals surface area contributed by atoms with Gasteiger partial charge in [0.25, 0.3) is 0 Å². The van der Waals surface area contributed by atoms with Crippen LogP contribution in [-0.4, -0.2) is 24.1 Å². The van der Waals surface area contributed by atoms with Crippen LogP contribution in [0, 0.1) is 11.3 Å². The molecule has 0 saturated heterocycles. The first-order chi connectivity index (χ1) is 25.7. The van der Waals surface area contributed by atoms with Gasteiger partial charge in [0.05, 0.1) is 33.7 Å². The maximum atomic E-state index is 10.6. The van der Waals surface area contributed by atoms with Gasteiger partial charge in [-0.15, -0.1) is 0 Å². The number of aromatic nitrogens is 5. The fourth-order valence-electron chi connectivity index (χ4n) is 7.47. The summed E-state index contributed by atoms with van der Waals surface area (Å²) < 4.78 is 4.59. The molecule has 0 atom stereocenters. The van der Waals surface area contributed by atoms with Crippen LogP contribution in [0.4, 0.5) is 0 Å². The van der Waals surface area contributed by atoms with Crippen molar-refractivity contribution < 1.29 is 0 Å². The Labute approximate surface area is 299 Å².